The third kappa shape index (κ3) is 2.74. The number of hydrogen-bond acceptors (Lipinski definition) is 3. The minimum Gasteiger partial charge on any atom is -0.276 e. The van der Waals surface area contributed by atoms with Crippen molar-refractivity contribution in [2.75, 3.05) is 0 Å². The Morgan fingerprint density at radius 2 is 1.87 bits per heavy atom. The smallest absolute Gasteiger partial charge is 0.243 e. The molecule has 0 bridgehead atoms. The van der Waals surface area contributed by atoms with Gasteiger partial charge in [0, 0.05) is 12.0 Å². The molecule has 0 aromatic carbocycles. The van der Waals surface area contributed by atoms with Gasteiger partial charge < -0.3 is 0 Å². The van der Waals surface area contributed by atoms with Crippen molar-refractivity contribution in [1.29, 1.82) is 0 Å². The van der Waals surface area contributed by atoms with Gasteiger partial charge in [0.1, 0.15) is 0 Å². The van der Waals surface area contributed by atoms with E-state index in [1.807, 2.05) is 34.6 Å². The Morgan fingerprint density at radius 1 is 1.33 bits per heavy atom. The van der Waals surface area contributed by atoms with Gasteiger partial charge in [-0.05, 0) is 26.0 Å². The number of carbonyl (C=O) groups is 2. The van der Waals surface area contributed by atoms with Crippen molar-refractivity contribution in [2.45, 2.75) is 57.1 Å². The van der Waals surface area contributed by atoms with Crippen LogP contribution in [0, 0.1) is 0 Å². The maximum atomic E-state index is 12.0. The topological polar surface area (TPSA) is 37.4 Å². The number of imide groups is 1. The molecule has 1 saturated heterocycles. The van der Waals surface area contributed by atoms with Crippen LogP contribution < -0.4 is 0 Å². The van der Waals surface area contributed by atoms with Crippen LogP contribution in [0.3, 0.4) is 0 Å². The minimum atomic E-state index is -0.388. The number of rotatable bonds is 2. The molecule has 0 aromatic heterocycles. The van der Waals surface area contributed by atoms with Crippen molar-refractivity contribution >= 4 is 23.6 Å². The lowest BCUT2D eigenvalue weighted by Gasteiger charge is -2.30. The Labute approximate surface area is 95.6 Å². The van der Waals surface area contributed by atoms with E-state index in [0.717, 1.165) is 0 Å². The van der Waals surface area contributed by atoms with E-state index in [1.165, 1.54) is 4.90 Å². The summed E-state index contributed by atoms with van der Waals surface area (Å²) in [4.78, 5) is 25.1. The molecule has 4 heteroatoms. The third-order valence-corrected chi connectivity index (χ3v) is 3.45. The largest absolute Gasteiger partial charge is 0.276 e. The Bertz CT molecular complexity index is 281. The van der Waals surface area contributed by atoms with Gasteiger partial charge in [-0.25, -0.2) is 0 Å². The molecule has 15 heavy (non-hydrogen) atoms. The van der Waals surface area contributed by atoms with E-state index in [0.29, 0.717) is 11.7 Å². The molecule has 3 nitrogen and oxygen atoms in total. The Balaban J connectivity index is 2.80. The number of amides is 2. The molecular weight excluding hydrogens is 210 g/mol. The number of nitrogens with zero attached hydrogens (tertiary/aromatic N) is 1. The fourth-order valence-electron chi connectivity index (χ4n) is 1.74. The van der Waals surface area contributed by atoms with Crippen molar-refractivity contribution in [1.82, 2.24) is 4.90 Å². The molecule has 1 rings (SSSR count). The molecular formula is C11H19NO2S. The summed E-state index contributed by atoms with van der Waals surface area (Å²) in [5.41, 5.74) is -0.388. The second-order valence-corrected chi connectivity index (χ2v) is 6.90. The average Bonchev–Trinajstić information content (AvgIpc) is 2.23. The van der Waals surface area contributed by atoms with Gasteiger partial charge in [-0.1, -0.05) is 13.8 Å². The first-order valence-electron chi connectivity index (χ1n) is 5.26. The van der Waals surface area contributed by atoms with Crippen LogP contribution in [0.5, 0.6) is 0 Å². The van der Waals surface area contributed by atoms with Crippen LogP contribution in [0.1, 0.15) is 41.0 Å². The summed E-state index contributed by atoms with van der Waals surface area (Å²) < 4.78 is 0. The summed E-state index contributed by atoms with van der Waals surface area (Å²) in [5, 5.41) is 0.211. The zero-order chi connectivity index (χ0) is 11.8. The van der Waals surface area contributed by atoms with E-state index in [2.05, 4.69) is 0 Å². The molecule has 0 N–H and O–H groups in total. The fourth-order valence-corrected chi connectivity index (χ4v) is 2.86. The fraction of sp³-hybridized carbons (Fsp3) is 0.818. The van der Waals surface area contributed by atoms with E-state index < -0.39 is 0 Å². The Morgan fingerprint density at radius 3 is 2.20 bits per heavy atom. The van der Waals surface area contributed by atoms with E-state index in [9.17, 15) is 9.59 Å². The molecule has 0 radical (unpaired) electrons. The summed E-state index contributed by atoms with van der Waals surface area (Å²) in [6.45, 7) is 9.77. The van der Waals surface area contributed by atoms with E-state index in [1.54, 1.807) is 11.8 Å². The molecule has 0 spiro atoms. The summed E-state index contributed by atoms with van der Waals surface area (Å²) in [5.74, 6) is -0.0585. The summed E-state index contributed by atoms with van der Waals surface area (Å²) in [6.07, 6.45) is 0.360. The average molecular weight is 229 g/mol. The number of hydrogen-bond donors (Lipinski definition) is 0. The zero-order valence-corrected chi connectivity index (χ0v) is 10.9. The lowest BCUT2D eigenvalue weighted by atomic mass is 10.1. The predicted octanol–water partition coefficient (Wildman–Crippen LogP) is 2.05. The minimum absolute atomic E-state index is 0.0220. The van der Waals surface area contributed by atoms with Gasteiger partial charge in [-0.15, -0.1) is 11.8 Å². The number of likely N-dealkylation sites (tertiary alicyclic amines) is 1. The Hall–Kier alpha value is -0.510. The molecule has 0 saturated carbocycles. The number of thioether (sulfide) groups is 1. The van der Waals surface area contributed by atoms with Crippen molar-refractivity contribution in [2.24, 2.45) is 0 Å². The lowest BCUT2D eigenvalue weighted by Crippen LogP contribution is -2.46. The monoisotopic (exact) mass is 229 g/mol. The molecule has 1 aliphatic heterocycles. The Kier molecular flexibility index (Phi) is 3.48. The predicted molar refractivity (Wildman–Crippen MR) is 62.7 cm³/mol. The van der Waals surface area contributed by atoms with Gasteiger partial charge in [0.2, 0.25) is 11.8 Å². The molecule has 86 valence electrons. The van der Waals surface area contributed by atoms with Crippen molar-refractivity contribution in [3.63, 3.8) is 0 Å². The standard InChI is InChI=1S/C11H19NO2S/c1-7(2)15-8-6-9(13)12(10(8)14)11(3,4)5/h7-8H,6H2,1-5H3. The van der Waals surface area contributed by atoms with Crippen molar-refractivity contribution in [3.05, 3.63) is 0 Å². The van der Waals surface area contributed by atoms with Gasteiger partial charge in [0.15, 0.2) is 0 Å². The van der Waals surface area contributed by atoms with E-state index in [4.69, 9.17) is 0 Å². The SMILES string of the molecule is CC(C)SC1CC(=O)N(C(C)(C)C)C1=O. The quantitative estimate of drug-likeness (QED) is 0.680. The first-order valence-corrected chi connectivity index (χ1v) is 6.20. The first-order chi connectivity index (χ1) is 6.73. The van der Waals surface area contributed by atoms with Crippen LogP contribution in [-0.4, -0.2) is 32.8 Å². The molecule has 1 heterocycles. The van der Waals surface area contributed by atoms with Gasteiger partial charge >= 0.3 is 0 Å². The highest BCUT2D eigenvalue weighted by Gasteiger charge is 2.44. The normalized spacial score (nSPS) is 23.1. The molecule has 1 aliphatic rings. The second-order valence-electron chi connectivity index (χ2n) is 5.12. The van der Waals surface area contributed by atoms with Crippen LogP contribution in [0.4, 0.5) is 0 Å². The summed E-state index contributed by atoms with van der Waals surface area (Å²) in [6, 6.07) is 0. The van der Waals surface area contributed by atoms with Gasteiger partial charge in [-0.2, -0.15) is 0 Å². The van der Waals surface area contributed by atoms with Crippen LogP contribution in [0.25, 0.3) is 0 Å². The molecule has 1 fully saturated rings. The second kappa shape index (κ2) is 4.16. The van der Waals surface area contributed by atoms with E-state index in [-0.39, 0.29) is 22.6 Å². The highest BCUT2D eigenvalue weighted by molar-refractivity contribution is 8.01. The molecule has 0 aromatic rings. The van der Waals surface area contributed by atoms with Gasteiger partial charge in [0.25, 0.3) is 0 Å². The molecule has 1 unspecified atom stereocenters. The molecule has 0 aliphatic carbocycles. The van der Waals surface area contributed by atoms with Crippen LogP contribution in [-0.2, 0) is 9.59 Å². The van der Waals surface area contributed by atoms with Crippen molar-refractivity contribution in [3.8, 4) is 0 Å². The highest BCUT2D eigenvalue weighted by Crippen LogP contribution is 2.32. The van der Waals surface area contributed by atoms with E-state index >= 15 is 0 Å². The maximum Gasteiger partial charge on any atom is 0.243 e. The maximum absolute atomic E-state index is 12.0. The number of carbonyl (C=O) groups excluding carboxylic acids is 2. The molecule has 2 amide bonds. The summed E-state index contributed by atoms with van der Waals surface area (Å²) in [7, 11) is 0. The van der Waals surface area contributed by atoms with Gasteiger partial charge in [-0.3, -0.25) is 14.5 Å². The van der Waals surface area contributed by atoms with Crippen LogP contribution in [0.15, 0.2) is 0 Å². The van der Waals surface area contributed by atoms with Gasteiger partial charge in [0.05, 0.1) is 5.25 Å². The van der Waals surface area contributed by atoms with Crippen molar-refractivity contribution < 1.29 is 9.59 Å². The lowest BCUT2D eigenvalue weighted by molar-refractivity contribution is -0.143. The van der Waals surface area contributed by atoms with Crippen LogP contribution >= 0.6 is 11.8 Å². The first kappa shape index (κ1) is 12.6. The molecule has 1 atom stereocenters. The third-order valence-electron chi connectivity index (χ3n) is 2.21. The summed E-state index contributed by atoms with van der Waals surface area (Å²) >= 11 is 1.58. The van der Waals surface area contributed by atoms with Crippen LogP contribution in [0.2, 0.25) is 0 Å². The highest BCUT2D eigenvalue weighted by atomic mass is 32.2. The zero-order valence-electron chi connectivity index (χ0n) is 10.0.